The summed E-state index contributed by atoms with van der Waals surface area (Å²) in [5.74, 6) is 4.88. The molecule has 0 saturated carbocycles. The second kappa shape index (κ2) is 15.9. The first-order valence-corrected chi connectivity index (χ1v) is 17.1. The van der Waals surface area contributed by atoms with Crippen LogP contribution in [0.1, 0.15) is 88.3 Å². The Hall–Kier alpha value is -3.17. The number of ether oxygens (including phenoxy) is 1. The van der Waals surface area contributed by atoms with Crippen LogP contribution in [0.2, 0.25) is 0 Å². The Morgan fingerprint density at radius 3 is 2.42 bits per heavy atom. The summed E-state index contributed by atoms with van der Waals surface area (Å²) in [7, 11) is 1.84. The van der Waals surface area contributed by atoms with Gasteiger partial charge in [0.05, 0.1) is 6.10 Å². The number of aromatic nitrogens is 3. The fraction of sp³-hybridized carbons (Fsp3) is 0.639. The van der Waals surface area contributed by atoms with Gasteiger partial charge in [0.1, 0.15) is 11.6 Å². The third kappa shape index (κ3) is 8.36. The molecule has 2 aromatic heterocycles. The molecule has 3 unspecified atom stereocenters. The van der Waals surface area contributed by atoms with Crippen molar-refractivity contribution in [3.8, 4) is 5.69 Å². The number of nitrogens with one attached hydrogen (secondary N) is 1. The van der Waals surface area contributed by atoms with Crippen molar-refractivity contribution in [1.82, 2.24) is 24.9 Å². The number of hydrogen-bond donors (Lipinski definition) is 1. The Balaban J connectivity index is 1.26. The van der Waals surface area contributed by atoms with Gasteiger partial charge in [0.25, 0.3) is 0 Å². The van der Waals surface area contributed by atoms with E-state index in [0.717, 1.165) is 87.3 Å². The smallest absolute Gasteiger partial charge is 0.207 e. The molecule has 3 atom stereocenters. The molecule has 0 radical (unpaired) electrons. The largest absolute Gasteiger partial charge is 0.381 e. The van der Waals surface area contributed by atoms with Gasteiger partial charge in [-0.25, -0.2) is 4.98 Å². The summed E-state index contributed by atoms with van der Waals surface area (Å²) in [5.41, 5.74) is 2.43. The van der Waals surface area contributed by atoms with E-state index in [4.69, 9.17) is 9.26 Å². The molecule has 2 fully saturated rings. The van der Waals surface area contributed by atoms with E-state index in [-0.39, 0.29) is 5.92 Å². The van der Waals surface area contributed by atoms with Crippen LogP contribution < -0.4 is 10.2 Å². The Labute approximate surface area is 269 Å². The molecular weight excluding hydrogens is 564 g/mol. The Bertz CT molecular complexity index is 1300. The van der Waals surface area contributed by atoms with Crippen molar-refractivity contribution in [2.24, 2.45) is 17.8 Å². The highest BCUT2D eigenvalue weighted by Crippen LogP contribution is 2.44. The van der Waals surface area contributed by atoms with Gasteiger partial charge in [-0.1, -0.05) is 38.1 Å². The number of carbonyl (C=O) groups excluding carboxylic acids is 1. The van der Waals surface area contributed by atoms with Gasteiger partial charge in [0.15, 0.2) is 5.82 Å². The molecule has 5 rings (SSSR count). The quantitative estimate of drug-likeness (QED) is 0.161. The lowest BCUT2D eigenvalue weighted by molar-refractivity contribution is -0.109. The number of methoxy groups -OCH3 is 1. The fourth-order valence-electron chi connectivity index (χ4n) is 7.73. The minimum absolute atomic E-state index is 0.209. The van der Waals surface area contributed by atoms with Gasteiger partial charge in [-0.15, -0.1) is 0 Å². The first-order chi connectivity index (χ1) is 21.9. The molecule has 9 heteroatoms. The number of carbonyl (C=O) groups is 1. The van der Waals surface area contributed by atoms with Crippen molar-refractivity contribution < 1.29 is 14.1 Å². The third-order valence-corrected chi connectivity index (χ3v) is 10.5. The predicted molar refractivity (Wildman–Crippen MR) is 179 cm³/mol. The summed E-state index contributed by atoms with van der Waals surface area (Å²) in [5, 5.41) is 7.49. The second-order valence-corrected chi connectivity index (χ2v) is 13.6. The number of nitrogens with zero attached hydrogens (tertiary/aromatic N) is 5. The van der Waals surface area contributed by atoms with Crippen LogP contribution in [-0.2, 0) is 9.53 Å². The molecule has 246 valence electrons. The number of anilines is 1. The second-order valence-electron chi connectivity index (χ2n) is 13.6. The third-order valence-electron chi connectivity index (χ3n) is 10.5. The highest BCUT2D eigenvalue weighted by molar-refractivity contribution is 5.45. The number of imidazole rings is 1. The Morgan fingerprint density at radius 2 is 1.80 bits per heavy atom. The predicted octanol–water partition coefficient (Wildman–Crippen LogP) is 6.18. The van der Waals surface area contributed by atoms with Gasteiger partial charge in [-0.05, 0) is 86.8 Å². The van der Waals surface area contributed by atoms with Crippen molar-refractivity contribution in [1.29, 1.82) is 0 Å². The zero-order chi connectivity index (χ0) is 31.8. The van der Waals surface area contributed by atoms with Crippen molar-refractivity contribution in [3.05, 3.63) is 59.9 Å². The molecule has 45 heavy (non-hydrogen) atoms. The number of benzene rings is 1. The van der Waals surface area contributed by atoms with Gasteiger partial charge in [0, 0.05) is 76.4 Å². The average Bonchev–Trinajstić information content (AvgIpc) is 3.72. The summed E-state index contributed by atoms with van der Waals surface area (Å²) in [6, 6.07) is 11.1. The minimum Gasteiger partial charge on any atom is -0.381 e. The molecule has 1 aromatic carbocycles. The molecular formula is C36H54N6O3. The summed E-state index contributed by atoms with van der Waals surface area (Å²) in [4.78, 5) is 20.4. The zero-order valence-electron chi connectivity index (χ0n) is 28.0. The van der Waals surface area contributed by atoms with Crippen LogP contribution in [0.4, 0.5) is 5.82 Å². The Morgan fingerprint density at radius 1 is 1.07 bits per heavy atom. The first-order valence-electron chi connectivity index (χ1n) is 17.1. The van der Waals surface area contributed by atoms with Gasteiger partial charge in [-0.2, -0.15) is 0 Å². The molecule has 0 spiro atoms. The molecule has 0 bridgehead atoms. The molecule has 1 amide bonds. The maximum absolute atomic E-state index is 11.0. The number of aryl methyl sites for hydroxylation is 1. The van der Waals surface area contributed by atoms with Crippen molar-refractivity contribution in [2.75, 3.05) is 51.3 Å². The summed E-state index contributed by atoms with van der Waals surface area (Å²) < 4.78 is 13.9. The maximum Gasteiger partial charge on any atom is 0.207 e. The van der Waals surface area contributed by atoms with Crippen molar-refractivity contribution >= 4 is 12.2 Å². The van der Waals surface area contributed by atoms with E-state index in [9.17, 15) is 4.79 Å². The number of rotatable bonds is 15. The first kappa shape index (κ1) is 33.2. The van der Waals surface area contributed by atoms with E-state index in [1.165, 1.54) is 24.9 Å². The molecule has 1 N–H and O–H groups in total. The SMILES string of the molecule is COC1CCN(CC2CCN(c3cc(C(C(C)C)C(CCCNC=O)C(C)c4ccc(-n5ccnc5C)cc4)on3)CC2)CC1. The number of hydrogen-bond acceptors (Lipinski definition) is 7. The lowest BCUT2D eigenvalue weighted by Crippen LogP contribution is -2.42. The van der Waals surface area contributed by atoms with Crippen LogP contribution in [-0.4, -0.2) is 78.5 Å². The standard InChI is InChI=1S/C36H54N6O3/c1-26(2)36(33(7-6-16-37-25-43)27(3)30-8-10-31(11-9-30)42-22-17-38-28(42)4)34-23-35(39-45-34)41-20-12-29(13-21-41)24-40-18-14-32(44-5)15-19-40/h8-11,17,22-23,25-27,29,32-33,36H,6-7,12-16,18-21,24H2,1-5H3,(H,37,43). The molecule has 4 heterocycles. The lowest BCUT2D eigenvalue weighted by atomic mass is 9.71. The van der Waals surface area contributed by atoms with Crippen LogP contribution in [0.15, 0.2) is 47.2 Å². The molecule has 3 aromatic rings. The van der Waals surface area contributed by atoms with Gasteiger partial charge in [-0.3, -0.25) is 4.79 Å². The van der Waals surface area contributed by atoms with E-state index in [2.05, 4.69) is 80.9 Å². The van der Waals surface area contributed by atoms with Gasteiger partial charge in [0.2, 0.25) is 6.41 Å². The summed E-state index contributed by atoms with van der Waals surface area (Å²) >= 11 is 0. The van der Waals surface area contributed by atoms with E-state index in [1.54, 1.807) is 0 Å². The molecule has 9 nitrogen and oxygen atoms in total. The highest BCUT2D eigenvalue weighted by atomic mass is 16.5. The Kier molecular flexibility index (Phi) is 11.7. The van der Waals surface area contributed by atoms with Crippen LogP contribution in [0.25, 0.3) is 5.69 Å². The van der Waals surface area contributed by atoms with E-state index in [1.807, 2.05) is 26.4 Å². The zero-order valence-corrected chi connectivity index (χ0v) is 28.0. The summed E-state index contributed by atoms with van der Waals surface area (Å²) in [6.45, 7) is 15.2. The lowest BCUT2D eigenvalue weighted by Gasteiger charge is -2.37. The monoisotopic (exact) mass is 618 g/mol. The number of piperidine rings is 2. The van der Waals surface area contributed by atoms with Crippen LogP contribution >= 0.6 is 0 Å². The van der Waals surface area contributed by atoms with Crippen LogP contribution in [0.3, 0.4) is 0 Å². The molecule has 0 aliphatic carbocycles. The molecule has 2 aliphatic heterocycles. The fourth-order valence-corrected chi connectivity index (χ4v) is 7.73. The summed E-state index contributed by atoms with van der Waals surface area (Å²) in [6.07, 6.45) is 11.7. The molecule has 2 saturated heterocycles. The van der Waals surface area contributed by atoms with Gasteiger partial charge >= 0.3 is 0 Å². The van der Waals surface area contributed by atoms with Crippen molar-refractivity contribution in [3.63, 3.8) is 0 Å². The highest BCUT2D eigenvalue weighted by Gasteiger charge is 2.35. The average molecular weight is 619 g/mol. The number of amides is 1. The molecule has 2 aliphatic rings. The van der Waals surface area contributed by atoms with Crippen LogP contribution in [0, 0.1) is 24.7 Å². The normalized spacial score (nSPS) is 19.1. The topological polar surface area (TPSA) is 88.7 Å². The van der Waals surface area contributed by atoms with Crippen molar-refractivity contribution in [2.45, 2.75) is 84.2 Å². The number of likely N-dealkylation sites (tertiary alicyclic amines) is 1. The van der Waals surface area contributed by atoms with E-state index < -0.39 is 0 Å². The van der Waals surface area contributed by atoms with Gasteiger partial charge < -0.3 is 28.9 Å². The maximum atomic E-state index is 11.0. The minimum atomic E-state index is 0.209. The van der Waals surface area contributed by atoms with E-state index in [0.29, 0.717) is 30.4 Å². The van der Waals surface area contributed by atoms with E-state index >= 15 is 0 Å². The van der Waals surface area contributed by atoms with Crippen LogP contribution in [0.5, 0.6) is 0 Å².